The predicted octanol–water partition coefficient (Wildman–Crippen LogP) is 6.93. The van der Waals surface area contributed by atoms with E-state index < -0.39 is 11.8 Å². The first kappa shape index (κ1) is 25.0. The highest BCUT2D eigenvalue weighted by Crippen LogP contribution is 2.37. The fraction of sp³-hybridized carbons (Fsp3) is 0.0690. The van der Waals surface area contributed by atoms with Gasteiger partial charge in [-0.2, -0.15) is 5.01 Å². The van der Waals surface area contributed by atoms with Crippen LogP contribution < -0.4 is 10.2 Å². The van der Waals surface area contributed by atoms with Crippen LogP contribution in [-0.4, -0.2) is 21.1 Å². The fourth-order valence-electron chi connectivity index (χ4n) is 3.95. The quantitative estimate of drug-likeness (QED) is 0.211. The Morgan fingerprint density at radius 1 is 1.05 bits per heavy atom. The lowest BCUT2D eigenvalue weighted by Gasteiger charge is -2.16. The Bertz CT molecular complexity index is 1570. The summed E-state index contributed by atoms with van der Waals surface area (Å²) in [7, 11) is 0. The standard InChI is InChI=1S/C29H21ClN2O3S2/c1-18-11-13-22(24(30)15-18)27(33)31-32-28(34)26(37-29(32)36)16-23-21-10-6-5-9-20(21)12-14-25(23)35-17-19-7-3-2-4-8-19/h2-16H,17H2,1H3,(H,31,33)/b26-16+. The van der Waals surface area contributed by atoms with Crippen molar-refractivity contribution in [2.75, 3.05) is 0 Å². The molecule has 2 amide bonds. The summed E-state index contributed by atoms with van der Waals surface area (Å²) >= 11 is 12.8. The third-order valence-electron chi connectivity index (χ3n) is 5.82. The molecule has 1 aliphatic heterocycles. The molecule has 0 atom stereocenters. The normalized spacial score (nSPS) is 14.4. The van der Waals surface area contributed by atoms with Gasteiger partial charge in [-0.3, -0.25) is 15.0 Å². The Hall–Kier alpha value is -3.65. The summed E-state index contributed by atoms with van der Waals surface area (Å²) in [5.41, 5.74) is 5.58. The highest BCUT2D eigenvalue weighted by Gasteiger charge is 2.34. The second-order valence-electron chi connectivity index (χ2n) is 8.41. The molecule has 0 aliphatic carbocycles. The number of fused-ring (bicyclic) bond motifs is 1. The van der Waals surface area contributed by atoms with E-state index in [9.17, 15) is 9.59 Å². The molecule has 4 aromatic rings. The maximum atomic E-state index is 13.3. The van der Waals surface area contributed by atoms with Crippen molar-refractivity contribution in [3.05, 3.63) is 117 Å². The van der Waals surface area contributed by atoms with Crippen LogP contribution in [0, 0.1) is 6.92 Å². The van der Waals surface area contributed by atoms with E-state index in [1.807, 2.05) is 73.7 Å². The molecule has 1 heterocycles. The van der Waals surface area contributed by atoms with Crippen molar-refractivity contribution in [2.45, 2.75) is 13.5 Å². The zero-order valence-electron chi connectivity index (χ0n) is 19.7. The molecule has 0 aromatic heterocycles. The van der Waals surface area contributed by atoms with Crippen LogP contribution in [0.5, 0.6) is 5.75 Å². The van der Waals surface area contributed by atoms with Crippen LogP contribution in [-0.2, 0) is 11.4 Å². The van der Waals surface area contributed by atoms with Crippen molar-refractivity contribution < 1.29 is 14.3 Å². The Morgan fingerprint density at radius 2 is 1.81 bits per heavy atom. The zero-order valence-corrected chi connectivity index (χ0v) is 22.1. The summed E-state index contributed by atoms with van der Waals surface area (Å²) < 4.78 is 6.40. The average Bonchev–Trinajstić information content (AvgIpc) is 3.16. The number of nitrogens with zero attached hydrogens (tertiary/aromatic N) is 1. The molecule has 1 N–H and O–H groups in total. The van der Waals surface area contributed by atoms with Crippen LogP contribution in [0.3, 0.4) is 0 Å². The predicted molar refractivity (Wildman–Crippen MR) is 153 cm³/mol. The van der Waals surface area contributed by atoms with Crippen LogP contribution in [0.25, 0.3) is 16.8 Å². The number of rotatable bonds is 6. The molecule has 0 saturated carbocycles. The van der Waals surface area contributed by atoms with E-state index in [4.69, 9.17) is 28.6 Å². The van der Waals surface area contributed by atoms with Crippen LogP contribution in [0.1, 0.15) is 27.0 Å². The summed E-state index contributed by atoms with van der Waals surface area (Å²) in [4.78, 5) is 26.5. The van der Waals surface area contributed by atoms with Gasteiger partial charge in [0.25, 0.3) is 11.8 Å². The van der Waals surface area contributed by atoms with Crippen LogP contribution in [0.15, 0.2) is 89.8 Å². The minimum Gasteiger partial charge on any atom is -0.488 e. The SMILES string of the molecule is Cc1ccc(C(=O)NN2C(=O)/C(=C\c3c(OCc4ccccc4)ccc4ccccc34)SC2=S)c(Cl)c1. The number of hydrogen-bond acceptors (Lipinski definition) is 5. The van der Waals surface area contributed by atoms with Gasteiger partial charge in [-0.1, -0.05) is 90.1 Å². The number of amides is 2. The molecule has 0 radical (unpaired) electrons. The monoisotopic (exact) mass is 544 g/mol. The number of aryl methyl sites for hydroxylation is 1. The number of thioether (sulfide) groups is 1. The summed E-state index contributed by atoms with van der Waals surface area (Å²) in [6, 6.07) is 26.7. The number of ether oxygens (including phenoxy) is 1. The molecule has 184 valence electrons. The number of hydrogen-bond donors (Lipinski definition) is 1. The summed E-state index contributed by atoms with van der Waals surface area (Å²) in [6.07, 6.45) is 1.77. The van der Waals surface area contributed by atoms with Crippen molar-refractivity contribution >= 4 is 68.6 Å². The van der Waals surface area contributed by atoms with E-state index in [1.54, 1.807) is 24.3 Å². The molecular weight excluding hydrogens is 524 g/mol. The second-order valence-corrected chi connectivity index (χ2v) is 10.5. The molecule has 0 unspecified atom stereocenters. The van der Waals surface area contributed by atoms with Gasteiger partial charge >= 0.3 is 0 Å². The summed E-state index contributed by atoms with van der Waals surface area (Å²) in [5.74, 6) is -0.295. The molecule has 1 aliphatic rings. The molecule has 5 nitrogen and oxygen atoms in total. The maximum Gasteiger partial charge on any atom is 0.285 e. The van der Waals surface area contributed by atoms with Gasteiger partial charge in [0.1, 0.15) is 12.4 Å². The number of halogens is 1. The molecule has 8 heteroatoms. The maximum absolute atomic E-state index is 13.3. The van der Waals surface area contributed by atoms with Crippen LogP contribution in [0.2, 0.25) is 5.02 Å². The highest BCUT2D eigenvalue weighted by atomic mass is 35.5. The Balaban J connectivity index is 1.45. The molecule has 37 heavy (non-hydrogen) atoms. The molecule has 5 rings (SSSR count). The van der Waals surface area contributed by atoms with Gasteiger partial charge in [-0.25, -0.2) is 0 Å². The second kappa shape index (κ2) is 10.8. The Kier molecular flexibility index (Phi) is 7.28. The van der Waals surface area contributed by atoms with Gasteiger partial charge in [-0.05, 0) is 65.3 Å². The van der Waals surface area contributed by atoms with Gasteiger partial charge < -0.3 is 4.74 Å². The molecule has 1 saturated heterocycles. The lowest BCUT2D eigenvalue weighted by Crippen LogP contribution is -2.44. The largest absolute Gasteiger partial charge is 0.488 e. The Morgan fingerprint density at radius 3 is 2.59 bits per heavy atom. The number of thiocarbonyl (C=S) groups is 1. The van der Waals surface area contributed by atoms with E-state index in [2.05, 4.69) is 5.43 Å². The van der Waals surface area contributed by atoms with E-state index in [-0.39, 0.29) is 9.88 Å². The van der Waals surface area contributed by atoms with Gasteiger partial charge in [-0.15, -0.1) is 0 Å². The number of benzene rings is 4. The molecule has 0 spiro atoms. The molecule has 1 fully saturated rings. The van der Waals surface area contributed by atoms with E-state index in [0.717, 1.165) is 44.2 Å². The third kappa shape index (κ3) is 5.39. The number of hydrazine groups is 1. The van der Waals surface area contributed by atoms with Crippen LogP contribution >= 0.6 is 35.6 Å². The highest BCUT2D eigenvalue weighted by molar-refractivity contribution is 8.26. The van der Waals surface area contributed by atoms with E-state index in [0.29, 0.717) is 22.3 Å². The average molecular weight is 545 g/mol. The van der Waals surface area contributed by atoms with Crippen molar-refractivity contribution in [1.29, 1.82) is 0 Å². The van der Waals surface area contributed by atoms with Gasteiger partial charge in [0.2, 0.25) is 0 Å². The summed E-state index contributed by atoms with van der Waals surface area (Å²) in [5, 5.41) is 3.34. The van der Waals surface area contributed by atoms with E-state index in [1.165, 1.54) is 0 Å². The van der Waals surface area contributed by atoms with Crippen molar-refractivity contribution in [2.24, 2.45) is 0 Å². The lowest BCUT2D eigenvalue weighted by atomic mass is 10.0. The number of carbonyl (C=O) groups excluding carboxylic acids is 2. The van der Waals surface area contributed by atoms with Crippen molar-refractivity contribution in [1.82, 2.24) is 10.4 Å². The van der Waals surface area contributed by atoms with Crippen molar-refractivity contribution in [3.8, 4) is 5.75 Å². The zero-order chi connectivity index (χ0) is 25.9. The van der Waals surface area contributed by atoms with E-state index >= 15 is 0 Å². The lowest BCUT2D eigenvalue weighted by molar-refractivity contribution is -0.123. The molecule has 4 aromatic carbocycles. The van der Waals surface area contributed by atoms with Gasteiger partial charge in [0.05, 0.1) is 15.5 Å². The smallest absolute Gasteiger partial charge is 0.285 e. The Labute approximate surface area is 229 Å². The summed E-state index contributed by atoms with van der Waals surface area (Å²) in [6.45, 7) is 2.26. The fourth-order valence-corrected chi connectivity index (χ4v) is 5.43. The topological polar surface area (TPSA) is 58.6 Å². The van der Waals surface area contributed by atoms with Gasteiger partial charge in [0, 0.05) is 5.56 Å². The first-order valence-electron chi connectivity index (χ1n) is 11.4. The minimum atomic E-state index is -0.514. The minimum absolute atomic E-state index is 0.222. The first-order chi connectivity index (χ1) is 17.9. The number of carbonyl (C=O) groups is 2. The third-order valence-corrected chi connectivity index (χ3v) is 7.43. The van der Waals surface area contributed by atoms with Gasteiger partial charge in [0.15, 0.2) is 4.32 Å². The van der Waals surface area contributed by atoms with Crippen molar-refractivity contribution in [3.63, 3.8) is 0 Å². The van der Waals surface area contributed by atoms with Crippen LogP contribution in [0.4, 0.5) is 0 Å². The molecule has 0 bridgehead atoms. The first-order valence-corrected chi connectivity index (χ1v) is 13.0. The molecular formula is C29H21ClN2O3S2. The number of nitrogens with one attached hydrogen (secondary N) is 1.